The molecule has 0 bridgehead atoms. The summed E-state index contributed by atoms with van der Waals surface area (Å²) in [4.78, 5) is 4.85. The van der Waals surface area contributed by atoms with Crippen molar-refractivity contribution >= 4 is 0 Å². The molecule has 3 aromatic heterocycles. The first-order valence-corrected chi connectivity index (χ1v) is 9.81. The lowest BCUT2D eigenvalue weighted by molar-refractivity contribution is -0.689. The lowest BCUT2D eigenvalue weighted by Crippen LogP contribution is -2.34. The van der Waals surface area contributed by atoms with Crippen molar-refractivity contribution in [1.29, 1.82) is 0 Å². The van der Waals surface area contributed by atoms with Gasteiger partial charge in [0, 0.05) is 0 Å². The highest BCUT2D eigenvalue weighted by atomic mass is 15.1. The maximum atomic E-state index is 4.85. The summed E-state index contributed by atoms with van der Waals surface area (Å²) in [5, 5.41) is 0. The fourth-order valence-corrected chi connectivity index (χ4v) is 3.09. The lowest BCUT2D eigenvalue weighted by Gasteiger charge is -2.01. The molecule has 0 radical (unpaired) electrons. The third kappa shape index (κ3) is 5.28. The third-order valence-electron chi connectivity index (χ3n) is 4.59. The number of imidazole rings is 2. The second-order valence-electron chi connectivity index (χ2n) is 6.97. The summed E-state index contributed by atoms with van der Waals surface area (Å²) in [5.74, 6) is 0. The van der Waals surface area contributed by atoms with Crippen molar-refractivity contribution in [3.63, 3.8) is 0 Å². The van der Waals surface area contributed by atoms with Gasteiger partial charge in [0.25, 0.3) is 0 Å². The molecular weight excluding hydrogens is 322 g/mol. The number of unbranched alkanes of at least 4 members (excludes halogenated alkanes) is 2. The van der Waals surface area contributed by atoms with Crippen LogP contribution in [0.5, 0.6) is 0 Å². The van der Waals surface area contributed by atoms with E-state index < -0.39 is 0 Å². The highest BCUT2D eigenvalue weighted by molar-refractivity contribution is 5.09. The Bertz CT molecular complexity index is 739. The average molecular weight is 354 g/mol. The van der Waals surface area contributed by atoms with Crippen molar-refractivity contribution in [2.75, 3.05) is 0 Å². The molecular formula is C21H31N5+2. The Morgan fingerprint density at radius 1 is 0.808 bits per heavy atom. The minimum atomic E-state index is 0.815. The maximum absolute atomic E-state index is 4.85. The summed E-state index contributed by atoms with van der Waals surface area (Å²) in [6, 6.07) is 6.33. The Labute approximate surface area is 156 Å². The molecule has 5 heteroatoms. The molecule has 0 aliphatic heterocycles. The molecule has 3 heterocycles. The molecule has 0 unspecified atom stereocenters. The zero-order valence-electron chi connectivity index (χ0n) is 16.1. The zero-order valence-corrected chi connectivity index (χ0v) is 16.1. The van der Waals surface area contributed by atoms with E-state index in [1.807, 2.05) is 0 Å². The summed E-state index contributed by atoms with van der Waals surface area (Å²) in [7, 11) is 0. The van der Waals surface area contributed by atoms with Crippen LogP contribution < -0.4 is 9.13 Å². The Morgan fingerprint density at radius 3 is 1.77 bits per heavy atom. The van der Waals surface area contributed by atoms with E-state index in [1.54, 1.807) is 0 Å². The second kappa shape index (κ2) is 9.32. The normalized spacial score (nSPS) is 11.2. The van der Waals surface area contributed by atoms with Crippen LogP contribution in [0.2, 0.25) is 0 Å². The minimum Gasteiger partial charge on any atom is -0.250 e. The SMILES string of the molecule is CCCCn1cc[n+](Cc2cccc(C[n+]3ccn(CCCC)c3)n2)c1. The van der Waals surface area contributed by atoms with E-state index in [0.29, 0.717) is 0 Å². The fraction of sp³-hybridized carbons (Fsp3) is 0.476. The van der Waals surface area contributed by atoms with Crippen molar-refractivity contribution in [3.8, 4) is 0 Å². The summed E-state index contributed by atoms with van der Waals surface area (Å²) < 4.78 is 8.91. The highest BCUT2D eigenvalue weighted by Crippen LogP contribution is 2.01. The van der Waals surface area contributed by atoms with Crippen molar-refractivity contribution < 1.29 is 9.13 Å². The van der Waals surface area contributed by atoms with E-state index in [4.69, 9.17) is 4.98 Å². The smallest absolute Gasteiger partial charge is 0.244 e. The molecule has 3 aromatic rings. The van der Waals surface area contributed by atoms with E-state index in [9.17, 15) is 0 Å². The number of aromatic nitrogens is 5. The van der Waals surface area contributed by atoms with Crippen LogP contribution in [0.15, 0.2) is 55.6 Å². The highest BCUT2D eigenvalue weighted by Gasteiger charge is 2.09. The standard InChI is InChI=1S/C21H31N5/c1-3-5-10-23-12-14-25(18-23)16-20-8-7-9-21(22-20)17-26-15-13-24(19-26)11-6-4-2/h7-9,12-15,18-19H,3-6,10-11,16-17H2,1-2H3/q+2. The van der Waals surface area contributed by atoms with Gasteiger partial charge in [0.15, 0.2) is 0 Å². The molecule has 0 aliphatic rings. The van der Waals surface area contributed by atoms with Crippen LogP contribution in [0.4, 0.5) is 0 Å². The molecule has 0 atom stereocenters. The van der Waals surface area contributed by atoms with Gasteiger partial charge >= 0.3 is 0 Å². The maximum Gasteiger partial charge on any atom is 0.244 e. The van der Waals surface area contributed by atoms with E-state index in [-0.39, 0.29) is 0 Å². The number of aryl methyl sites for hydroxylation is 2. The Balaban J connectivity index is 1.61. The van der Waals surface area contributed by atoms with Crippen LogP contribution in [-0.2, 0) is 26.2 Å². The molecule has 0 aliphatic carbocycles. The third-order valence-corrected chi connectivity index (χ3v) is 4.59. The minimum absolute atomic E-state index is 0.815. The first-order chi connectivity index (χ1) is 12.8. The summed E-state index contributed by atoms with van der Waals surface area (Å²) in [6.45, 7) is 8.25. The summed E-state index contributed by atoms with van der Waals surface area (Å²) in [6.07, 6.45) is 17.8. The molecule has 5 nitrogen and oxygen atoms in total. The van der Waals surface area contributed by atoms with Crippen molar-refractivity contribution in [3.05, 3.63) is 67.0 Å². The van der Waals surface area contributed by atoms with Crippen molar-refractivity contribution in [2.24, 2.45) is 0 Å². The van der Waals surface area contributed by atoms with Crippen LogP contribution in [0.25, 0.3) is 0 Å². The first-order valence-electron chi connectivity index (χ1n) is 9.81. The van der Waals surface area contributed by atoms with Gasteiger partial charge in [-0.1, -0.05) is 32.8 Å². The van der Waals surface area contributed by atoms with Crippen LogP contribution in [0, 0.1) is 0 Å². The molecule has 0 saturated heterocycles. The van der Waals surface area contributed by atoms with Gasteiger partial charge in [0.05, 0.1) is 24.5 Å². The van der Waals surface area contributed by atoms with Gasteiger partial charge in [-0.05, 0) is 25.0 Å². The predicted molar refractivity (Wildman–Crippen MR) is 102 cm³/mol. The molecule has 0 fully saturated rings. The van der Waals surface area contributed by atoms with E-state index in [0.717, 1.165) is 37.6 Å². The van der Waals surface area contributed by atoms with Crippen LogP contribution >= 0.6 is 0 Å². The van der Waals surface area contributed by atoms with Crippen molar-refractivity contribution in [2.45, 2.75) is 65.7 Å². The van der Waals surface area contributed by atoms with Gasteiger partial charge in [0.2, 0.25) is 12.7 Å². The predicted octanol–water partition coefficient (Wildman–Crippen LogP) is 2.96. The van der Waals surface area contributed by atoms with E-state index >= 15 is 0 Å². The largest absolute Gasteiger partial charge is 0.250 e. The Hall–Kier alpha value is -2.43. The number of hydrogen-bond acceptors (Lipinski definition) is 1. The molecule has 26 heavy (non-hydrogen) atoms. The molecule has 0 spiro atoms. The van der Waals surface area contributed by atoms with Gasteiger partial charge in [-0.3, -0.25) is 0 Å². The van der Waals surface area contributed by atoms with E-state index in [2.05, 4.69) is 87.8 Å². The lowest BCUT2D eigenvalue weighted by atomic mass is 10.3. The van der Waals surface area contributed by atoms with Crippen LogP contribution in [0.3, 0.4) is 0 Å². The molecule has 0 amide bonds. The summed E-state index contributed by atoms with van der Waals surface area (Å²) >= 11 is 0. The quantitative estimate of drug-likeness (QED) is 0.516. The molecule has 0 saturated carbocycles. The van der Waals surface area contributed by atoms with Gasteiger partial charge in [0.1, 0.15) is 37.9 Å². The molecule has 0 aromatic carbocycles. The molecule has 0 N–H and O–H groups in total. The fourth-order valence-electron chi connectivity index (χ4n) is 3.09. The van der Waals surface area contributed by atoms with Gasteiger partial charge in [-0.15, -0.1) is 0 Å². The van der Waals surface area contributed by atoms with Crippen LogP contribution in [0.1, 0.15) is 50.9 Å². The van der Waals surface area contributed by atoms with Gasteiger partial charge < -0.3 is 0 Å². The summed E-state index contributed by atoms with van der Waals surface area (Å²) in [5.41, 5.74) is 2.21. The van der Waals surface area contributed by atoms with Gasteiger partial charge in [-0.2, -0.15) is 0 Å². The zero-order chi connectivity index (χ0) is 18.2. The van der Waals surface area contributed by atoms with E-state index in [1.165, 1.54) is 25.7 Å². The number of rotatable bonds is 10. The Kier molecular flexibility index (Phi) is 6.58. The van der Waals surface area contributed by atoms with Crippen LogP contribution in [-0.4, -0.2) is 14.1 Å². The average Bonchev–Trinajstić information content (AvgIpc) is 3.28. The molecule has 138 valence electrons. The van der Waals surface area contributed by atoms with Crippen molar-refractivity contribution in [1.82, 2.24) is 14.1 Å². The molecule has 3 rings (SSSR count). The first kappa shape index (κ1) is 18.4. The number of nitrogens with zero attached hydrogens (tertiary/aromatic N) is 5. The number of pyridine rings is 1. The monoisotopic (exact) mass is 353 g/mol. The van der Waals surface area contributed by atoms with Gasteiger partial charge in [-0.25, -0.2) is 23.3 Å². The topological polar surface area (TPSA) is 30.5 Å². The number of hydrogen-bond donors (Lipinski definition) is 0. The second-order valence-corrected chi connectivity index (χ2v) is 6.97. The Morgan fingerprint density at radius 2 is 1.31 bits per heavy atom.